The highest BCUT2D eigenvalue weighted by molar-refractivity contribution is 5.65. The SMILES string of the molecule is CC(C)(CCCCCCCCCCO)OC(N)=O. The lowest BCUT2D eigenvalue weighted by Gasteiger charge is -2.23. The molecule has 1 amide bonds. The topological polar surface area (TPSA) is 72.6 Å². The van der Waals surface area contributed by atoms with Gasteiger partial charge in [-0.1, -0.05) is 38.5 Å². The van der Waals surface area contributed by atoms with Gasteiger partial charge in [-0.2, -0.15) is 0 Å². The number of unbranched alkanes of at least 4 members (excludes halogenated alkanes) is 7. The molecule has 3 N–H and O–H groups in total. The molecule has 0 aromatic rings. The summed E-state index contributed by atoms with van der Waals surface area (Å²) in [6.07, 6.45) is 9.42. The number of primary amides is 1. The van der Waals surface area contributed by atoms with Crippen LogP contribution in [0.5, 0.6) is 0 Å². The molecule has 0 aromatic heterocycles. The first-order valence-electron chi connectivity index (χ1n) is 7.07. The lowest BCUT2D eigenvalue weighted by Crippen LogP contribution is -2.30. The number of rotatable bonds is 11. The molecule has 0 bridgehead atoms. The Labute approximate surface area is 111 Å². The highest BCUT2D eigenvalue weighted by Crippen LogP contribution is 2.19. The Morgan fingerprint density at radius 1 is 1.00 bits per heavy atom. The number of nitrogens with two attached hydrogens (primary N) is 1. The zero-order valence-electron chi connectivity index (χ0n) is 11.9. The van der Waals surface area contributed by atoms with Gasteiger partial charge in [0.25, 0.3) is 0 Å². The van der Waals surface area contributed by atoms with Gasteiger partial charge in [0.2, 0.25) is 0 Å². The van der Waals surface area contributed by atoms with Crippen LogP contribution >= 0.6 is 0 Å². The number of hydrogen-bond acceptors (Lipinski definition) is 3. The molecule has 0 saturated heterocycles. The molecule has 0 atom stereocenters. The van der Waals surface area contributed by atoms with Crippen LogP contribution in [0, 0.1) is 0 Å². The van der Waals surface area contributed by atoms with Crippen LogP contribution in [0.2, 0.25) is 0 Å². The highest BCUT2D eigenvalue weighted by atomic mass is 16.6. The van der Waals surface area contributed by atoms with E-state index in [0.717, 1.165) is 25.7 Å². The molecule has 0 fully saturated rings. The zero-order valence-corrected chi connectivity index (χ0v) is 11.9. The lowest BCUT2D eigenvalue weighted by molar-refractivity contribution is 0.0372. The van der Waals surface area contributed by atoms with Crippen molar-refractivity contribution in [1.29, 1.82) is 0 Å². The number of carbonyl (C=O) groups is 1. The standard InChI is InChI=1S/C14H29NO3/c1-14(2,18-13(15)17)11-9-7-5-3-4-6-8-10-12-16/h16H,3-12H2,1-2H3,(H2,15,17). The number of ether oxygens (including phenoxy) is 1. The smallest absolute Gasteiger partial charge is 0.405 e. The maximum atomic E-state index is 10.7. The van der Waals surface area contributed by atoms with Gasteiger partial charge in [-0.05, 0) is 33.1 Å². The maximum Gasteiger partial charge on any atom is 0.405 e. The van der Waals surface area contributed by atoms with Crippen molar-refractivity contribution in [2.75, 3.05) is 6.61 Å². The zero-order chi connectivity index (χ0) is 13.9. The van der Waals surface area contributed by atoms with E-state index in [0.29, 0.717) is 6.61 Å². The molecule has 4 nitrogen and oxygen atoms in total. The van der Waals surface area contributed by atoms with E-state index in [2.05, 4.69) is 0 Å². The fourth-order valence-corrected chi connectivity index (χ4v) is 2.05. The molecule has 0 aliphatic rings. The second-order valence-corrected chi connectivity index (χ2v) is 5.48. The number of aliphatic hydroxyl groups excluding tert-OH is 1. The molecule has 0 radical (unpaired) electrons. The van der Waals surface area contributed by atoms with Gasteiger partial charge < -0.3 is 15.6 Å². The van der Waals surface area contributed by atoms with Crippen LogP contribution < -0.4 is 5.73 Å². The molecule has 0 aliphatic carbocycles. The molecule has 18 heavy (non-hydrogen) atoms. The molecule has 0 spiro atoms. The van der Waals surface area contributed by atoms with E-state index in [1.165, 1.54) is 32.1 Å². The van der Waals surface area contributed by atoms with Gasteiger partial charge in [0, 0.05) is 6.61 Å². The van der Waals surface area contributed by atoms with Crippen LogP contribution in [0.1, 0.15) is 71.6 Å². The number of amides is 1. The van der Waals surface area contributed by atoms with Crippen molar-refractivity contribution in [3.05, 3.63) is 0 Å². The summed E-state index contributed by atoms with van der Waals surface area (Å²) < 4.78 is 5.02. The van der Waals surface area contributed by atoms with Gasteiger partial charge in [0.05, 0.1) is 0 Å². The molecular formula is C14H29NO3. The summed E-state index contributed by atoms with van der Waals surface area (Å²) >= 11 is 0. The van der Waals surface area contributed by atoms with Gasteiger partial charge in [0.1, 0.15) is 5.60 Å². The van der Waals surface area contributed by atoms with E-state index in [1.807, 2.05) is 13.8 Å². The minimum absolute atomic E-state index is 0.314. The number of aliphatic hydroxyl groups is 1. The summed E-state index contributed by atoms with van der Waals surface area (Å²) in [4.78, 5) is 10.7. The average molecular weight is 259 g/mol. The van der Waals surface area contributed by atoms with E-state index < -0.39 is 11.7 Å². The fraction of sp³-hybridized carbons (Fsp3) is 0.929. The molecule has 0 aromatic carbocycles. The third kappa shape index (κ3) is 11.7. The predicted molar refractivity (Wildman–Crippen MR) is 73.4 cm³/mol. The molecule has 4 heteroatoms. The van der Waals surface area contributed by atoms with Gasteiger partial charge in [-0.3, -0.25) is 0 Å². The molecule has 0 unspecified atom stereocenters. The lowest BCUT2D eigenvalue weighted by atomic mass is 9.99. The predicted octanol–water partition coefficient (Wildman–Crippen LogP) is 3.36. The first-order chi connectivity index (χ1) is 8.48. The summed E-state index contributed by atoms with van der Waals surface area (Å²) in [5, 5.41) is 8.63. The van der Waals surface area contributed by atoms with Gasteiger partial charge in [0.15, 0.2) is 0 Å². The molecule has 0 aliphatic heterocycles. The van der Waals surface area contributed by atoms with E-state index >= 15 is 0 Å². The molecule has 0 rings (SSSR count). The van der Waals surface area contributed by atoms with Crippen molar-refractivity contribution in [3.8, 4) is 0 Å². The van der Waals surface area contributed by atoms with Gasteiger partial charge in [-0.25, -0.2) is 4.79 Å². The Hall–Kier alpha value is -0.770. The van der Waals surface area contributed by atoms with E-state index in [1.54, 1.807) is 0 Å². The van der Waals surface area contributed by atoms with Crippen LogP contribution in [-0.2, 0) is 4.74 Å². The van der Waals surface area contributed by atoms with E-state index in [4.69, 9.17) is 15.6 Å². The van der Waals surface area contributed by atoms with Crippen molar-refractivity contribution >= 4 is 6.09 Å². The van der Waals surface area contributed by atoms with Crippen molar-refractivity contribution < 1.29 is 14.6 Å². The number of hydrogen-bond donors (Lipinski definition) is 2. The van der Waals surface area contributed by atoms with E-state index in [-0.39, 0.29) is 0 Å². The monoisotopic (exact) mass is 259 g/mol. The van der Waals surface area contributed by atoms with Gasteiger partial charge in [-0.15, -0.1) is 0 Å². The summed E-state index contributed by atoms with van der Waals surface area (Å²) in [5.74, 6) is 0. The minimum Gasteiger partial charge on any atom is -0.444 e. The molecular weight excluding hydrogens is 230 g/mol. The minimum atomic E-state index is -0.691. The Morgan fingerprint density at radius 2 is 1.44 bits per heavy atom. The van der Waals surface area contributed by atoms with Crippen molar-refractivity contribution in [1.82, 2.24) is 0 Å². The third-order valence-electron chi connectivity index (χ3n) is 3.06. The second kappa shape index (κ2) is 10.2. The molecule has 0 heterocycles. The maximum absolute atomic E-state index is 10.7. The average Bonchev–Trinajstić information content (AvgIpc) is 2.25. The van der Waals surface area contributed by atoms with Crippen LogP contribution in [0.3, 0.4) is 0 Å². The Kier molecular flexibility index (Phi) is 9.74. The van der Waals surface area contributed by atoms with Crippen LogP contribution in [0.4, 0.5) is 4.79 Å². The Morgan fingerprint density at radius 3 is 1.89 bits per heavy atom. The van der Waals surface area contributed by atoms with E-state index in [9.17, 15) is 4.79 Å². The summed E-state index contributed by atoms with van der Waals surface area (Å²) in [5.41, 5.74) is 4.57. The Bertz CT molecular complexity index is 217. The van der Waals surface area contributed by atoms with Crippen LogP contribution in [0.25, 0.3) is 0 Å². The Balaban J connectivity index is 3.31. The fourth-order valence-electron chi connectivity index (χ4n) is 2.05. The molecule has 0 saturated carbocycles. The first kappa shape index (κ1) is 17.2. The quantitative estimate of drug-likeness (QED) is 0.559. The van der Waals surface area contributed by atoms with Crippen molar-refractivity contribution in [3.63, 3.8) is 0 Å². The summed E-state index contributed by atoms with van der Waals surface area (Å²) in [6, 6.07) is 0. The summed E-state index contributed by atoms with van der Waals surface area (Å²) in [6.45, 7) is 4.11. The largest absolute Gasteiger partial charge is 0.444 e. The first-order valence-corrected chi connectivity index (χ1v) is 7.07. The third-order valence-corrected chi connectivity index (χ3v) is 3.06. The second-order valence-electron chi connectivity index (χ2n) is 5.48. The normalized spacial score (nSPS) is 11.5. The molecule has 108 valence electrons. The number of carbonyl (C=O) groups excluding carboxylic acids is 1. The van der Waals surface area contributed by atoms with Crippen LogP contribution in [0.15, 0.2) is 0 Å². The van der Waals surface area contributed by atoms with Crippen molar-refractivity contribution in [2.45, 2.75) is 77.2 Å². The van der Waals surface area contributed by atoms with Gasteiger partial charge >= 0.3 is 6.09 Å². The van der Waals surface area contributed by atoms with Crippen molar-refractivity contribution in [2.24, 2.45) is 5.73 Å². The highest BCUT2D eigenvalue weighted by Gasteiger charge is 2.20. The summed E-state index contributed by atoms with van der Waals surface area (Å²) in [7, 11) is 0. The van der Waals surface area contributed by atoms with Crippen LogP contribution in [-0.4, -0.2) is 23.4 Å².